The molecule has 3 aromatic heterocycles. The van der Waals surface area contributed by atoms with E-state index in [0.717, 1.165) is 35.6 Å². The summed E-state index contributed by atoms with van der Waals surface area (Å²) in [5.74, 6) is 1.27. The average Bonchev–Trinajstić information content (AvgIpc) is 3.42. The molecule has 5 rings (SSSR count). The van der Waals surface area contributed by atoms with Gasteiger partial charge in [0, 0.05) is 23.5 Å². The smallest absolute Gasteiger partial charge is 0.261 e. The van der Waals surface area contributed by atoms with Gasteiger partial charge in [0.2, 0.25) is 0 Å². The van der Waals surface area contributed by atoms with Crippen LogP contribution in [-0.4, -0.2) is 30.3 Å². The molecule has 8 nitrogen and oxygen atoms in total. The molecule has 0 saturated heterocycles. The van der Waals surface area contributed by atoms with E-state index in [0.29, 0.717) is 28.5 Å². The summed E-state index contributed by atoms with van der Waals surface area (Å²) in [6, 6.07) is 8.21. The minimum Gasteiger partial charge on any atom is -0.322 e. The highest BCUT2D eigenvalue weighted by atomic mass is 16.1. The molecule has 0 aliphatic heterocycles. The molecule has 0 unspecified atom stereocenters. The number of nitrogens with one attached hydrogen (secondary N) is 1. The summed E-state index contributed by atoms with van der Waals surface area (Å²) in [4.78, 5) is 17.0. The number of nitriles is 1. The number of hydrogen-bond acceptors (Lipinski definition) is 5. The van der Waals surface area contributed by atoms with Crippen LogP contribution in [0.3, 0.4) is 0 Å². The number of hydrogen-bond donors (Lipinski definition) is 1. The fourth-order valence-corrected chi connectivity index (χ4v) is 4.63. The van der Waals surface area contributed by atoms with Crippen LogP contribution in [0.1, 0.15) is 61.5 Å². The molecule has 3 heterocycles. The van der Waals surface area contributed by atoms with E-state index in [1.54, 1.807) is 6.20 Å². The second kappa shape index (κ2) is 8.08. The van der Waals surface area contributed by atoms with E-state index < -0.39 is 0 Å². The van der Waals surface area contributed by atoms with Gasteiger partial charge in [-0.25, -0.2) is 9.50 Å². The van der Waals surface area contributed by atoms with Crippen LogP contribution in [0.5, 0.6) is 0 Å². The van der Waals surface area contributed by atoms with Crippen LogP contribution in [-0.2, 0) is 0 Å². The zero-order valence-electron chi connectivity index (χ0n) is 18.2. The molecule has 32 heavy (non-hydrogen) atoms. The molecule has 0 radical (unpaired) electrons. The molecule has 0 spiro atoms. The van der Waals surface area contributed by atoms with Gasteiger partial charge in [-0.3, -0.25) is 9.48 Å². The maximum atomic E-state index is 12.8. The zero-order chi connectivity index (χ0) is 22.2. The number of benzene rings is 1. The second-order valence-corrected chi connectivity index (χ2v) is 8.93. The van der Waals surface area contributed by atoms with Crippen molar-refractivity contribution in [3.05, 3.63) is 54.1 Å². The lowest BCUT2D eigenvalue weighted by molar-refractivity contribution is 0.102. The van der Waals surface area contributed by atoms with Crippen molar-refractivity contribution in [3.63, 3.8) is 0 Å². The predicted octanol–water partition coefficient (Wildman–Crippen LogP) is 4.59. The van der Waals surface area contributed by atoms with E-state index in [2.05, 4.69) is 40.1 Å². The first-order valence-electron chi connectivity index (χ1n) is 11.1. The molecule has 1 fully saturated rings. The largest absolute Gasteiger partial charge is 0.322 e. The summed E-state index contributed by atoms with van der Waals surface area (Å²) in [7, 11) is 0. The van der Waals surface area contributed by atoms with Crippen LogP contribution in [0.2, 0.25) is 0 Å². The molecular formula is C24H25N7O. The van der Waals surface area contributed by atoms with Crippen molar-refractivity contribution in [2.75, 3.05) is 5.32 Å². The highest BCUT2D eigenvalue weighted by Crippen LogP contribution is 2.36. The van der Waals surface area contributed by atoms with Gasteiger partial charge in [-0.2, -0.15) is 15.5 Å². The Kier molecular flexibility index (Phi) is 5.10. The molecule has 0 atom stereocenters. The maximum absolute atomic E-state index is 12.8. The van der Waals surface area contributed by atoms with E-state index in [9.17, 15) is 4.79 Å². The third-order valence-corrected chi connectivity index (χ3v) is 6.57. The van der Waals surface area contributed by atoms with Crippen molar-refractivity contribution in [2.24, 2.45) is 11.8 Å². The van der Waals surface area contributed by atoms with Crippen molar-refractivity contribution in [2.45, 2.75) is 45.6 Å². The van der Waals surface area contributed by atoms with Gasteiger partial charge in [-0.15, -0.1) is 0 Å². The number of rotatable bonds is 4. The Labute approximate surface area is 185 Å². The Bertz CT molecular complexity index is 1340. The normalized spacial score (nSPS) is 18.8. The van der Waals surface area contributed by atoms with Gasteiger partial charge in [0.25, 0.3) is 5.91 Å². The van der Waals surface area contributed by atoms with Crippen molar-refractivity contribution >= 4 is 28.1 Å². The molecule has 1 amide bonds. The van der Waals surface area contributed by atoms with Crippen molar-refractivity contribution in [3.8, 4) is 6.07 Å². The fraction of sp³-hybridized carbons (Fsp3) is 0.375. The molecule has 1 N–H and O–H groups in total. The van der Waals surface area contributed by atoms with Gasteiger partial charge in [0.15, 0.2) is 5.65 Å². The molecule has 4 aromatic rings. The van der Waals surface area contributed by atoms with Crippen LogP contribution >= 0.6 is 0 Å². The zero-order valence-corrected chi connectivity index (χ0v) is 18.2. The third-order valence-electron chi connectivity index (χ3n) is 6.57. The number of anilines is 1. The van der Waals surface area contributed by atoms with Crippen LogP contribution < -0.4 is 5.32 Å². The highest BCUT2D eigenvalue weighted by Gasteiger charge is 2.25. The van der Waals surface area contributed by atoms with Gasteiger partial charge >= 0.3 is 0 Å². The van der Waals surface area contributed by atoms with Crippen LogP contribution in [0.4, 0.5) is 5.69 Å². The van der Waals surface area contributed by atoms with E-state index in [-0.39, 0.29) is 5.91 Å². The van der Waals surface area contributed by atoms with E-state index in [4.69, 9.17) is 10.4 Å². The first-order valence-corrected chi connectivity index (χ1v) is 11.1. The Hall–Kier alpha value is -3.73. The summed E-state index contributed by atoms with van der Waals surface area (Å²) >= 11 is 0. The van der Waals surface area contributed by atoms with Gasteiger partial charge in [0.1, 0.15) is 11.6 Å². The van der Waals surface area contributed by atoms with E-state index >= 15 is 0 Å². The van der Waals surface area contributed by atoms with Gasteiger partial charge in [-0.1, -0.05) is 13.8 Å². The quantitative estimate of drug-likeness (QED) is 0.513. The lowest BCUT2D eigenvalue weighted by atomic mass is 9.80. The minimum atomic E-state index is -0.295. The van der Waals surface area contributed by atoms with E-state index in [1.165, 1.54) is 29.8 Å². The Morgan fingerprint density at radius 2 is 2.00 bits per heavy atom. The van der Waals surface area contributed by atoms with Crippen molar-refractivity contribution in [1.82, 2.24) is 24.4 Å². The van der Waals surface area contributed by atoms with Crippen LogP contribution in [0, 0.1) is 23.2 Å². The van der Waals surface area contributed by atoms with E-state index in [1.807, 2.05) is 24.3 Å². The minimum absolute atomic E-state index is 0.295. The first kappa shape index (κ1) is 20.2. The van der Waals surface area contributed by atoms with Gasteiger partial charge in [0.05, 0.1) is 29.5 Å². The fourth-order valence-electron chi connectivity index (χ4n) is 4.63. The second-order valence-electron chi connectivity index (χ2n) is 8.93. The Balaban J connectivity index is 1.33. The SMILES string of the molecule is CC(C)[C@H]1CC[C@H](n2cc3cc(NC(=O)c4cnn5cc(C#N)cnc45)ccc3n2)CC1. The number of carbonyl (C=O) groups is 1. The highest BCUT2D eigenvalue weighted by molar-refractivity contribution is 6.08. The number of amides is 1. The molecule has 1 saturated carbocycles. The average molecular weight is 428 g/mol. The molecule has 0 bridgehead atoms. The summed E-state index contributed by atoms with van der Waals surface area (Å²) in [5.41, 5.74) is 2.77. The number of carbonyl (C=O) groups excluding carboxylic acids is 1. The Morgan fingerprint density at radius 3 is 2.75 bits per heavy atom. The van der Waals surface area contributed by atoms with Gasteiger partial charge < -0.3 is 5.32 Å². The maximum Gasteiger partial charge on any atom is 0.261 e. The van der Waals surface area contributed by atoms with Crippen LogP contribution in [0.25, 0.3) is 16.6 Å². The van der Waals surface area contributed by atoms with Crippen LogP contribution in [0.15, 0.2) is 43.0 Å². The van der Waals surface area contributed by atoms with Crippen molar-refractivity contribution in [1.29, 1.82) is 5.26 Å². The number of nitrogens with zero attached hydrogens (tertiary/aromatic N) is 6. The summed E-state index contributed by atoms with van der Waals surface area (Å²) in [6.07, 6.45) is 11.4. The topological polar surface area (TPSA) is 101 Å². The third kappa shape index (κ3) is 3.71. The Morgan fingerprint density at radius 1 is 1.19 bits per heavy atom. The first-order chi connectivity index (χ1) is 15.5. The summed E-state index contributed by atoms with van der Waals surface area (Å²) in [5, 5.41) is 21.9. The predicted molar refractivity (Wildman–Crippen MR) is 121 cm³/mol. The standard InChI is InChI=1S/C24H25N7O/c1-15(2)17-3-6-20(7-4-17)30-14-18-9-19(5-8-22(18)29-30)28-24(32)21-12-27-31-13-16(10-25)11-26-23(21)31/h5,8-9,11-15,17,20H,3-4,6-7H2,1-2H3,(H,28,32)/t17-,20-. The summed E-state index contributed by atoms with van der Waals surface area (Å²) < 4.78 is 3.55. The molecular weight excluding hydrogens is 402 g/mol. The molecule has 1 aromatic carbocycles. The lowest BCUT2D eigenvalue weighted by Crippen LogP contribution is -2.21. The lowest BCUT2D eigenvalue weighted by Gasteiger charge is -2.30. The van der Waals surface area contributed by atoms with Crippen molar-refractivity contribution < 1.29 is 4.79 Å². The molecule has 1 aliphatic rings. The number of fused-ring (bicyclic) bond motifs is 2. The molecule has 1 aliphatic carbocycles. The molecule has 8 heteroatoms. The number of aromatic nitrogens is 5. The summed E-state index contributed by atoms with van der Waals surface area (Å²) in [6.45, 7) is 4.63. The van der Waals surface area contributed by atoms with Gasteiger partial charge in [-0.05, 0) is 55.7 Å². The molecule has 162 valence electrons. The monoisotopic (exact) mass is 427 g/mol.